The molecule has 122 valence electrons. The van der Waals surface area contributed by atoms with Crippen LogP contribution in [0.15, 0.2) is 54.6 Å². The van der Waals surface area contributed by atoms with Crippen molar-refractivity contribution in [1.82, 2.24) is 5.32 Å². The summed E-state index contributed by atoms with van der Waals surface area (Å²) in [4.78, 5) is 12.4. The highest BCUT2D eigenvalue weighted by Crippen LogP contribution is 2.21. The van der Waals surface area contributed by atoms with Gasteiger partial charge < -0.3 is 10.1 Å². The molecule has 0 fully saturated rings. The number of benzene rings is 2. The number of carbonyl (C=O) groups is 1. The Balaban J connectivity index is 1.92. The minimum Gasteiger partial charge on any atom is -0.478 e. The molecular weight excluding hydrogens is 310 g/mol. The highest BCUT2D eigenvalue weighted by Gasteiger charge is 2.30. The lowest BCUT2D eigenvalue weighted by Crippen LogP contribution is -2.47. The number of nitrogens with one attached hydrogen (secondary N) is 1. The lowest BCUT2D eigenvalue weighted by atomic mass is 10.0. The molecule has 2 rings (SSSR count). The summed E-state index contributed by atoms with van der Waals surface area (Å²) in [6.45, 7) is 6.16. The number of halogens is 1. The Morgan fingerprint density at radius 1 is 1.13 bits per heavy atom. The van der Waals surface area contributed by atoms with Gasteiger partial charge in [0.25, 0.3) is 5.91 Å². The number of rotatable bonds is 6. The molecule has 0 aliphatic heterocycles. The van der Waals surface area contributed by atoms with Crippen LogP contribution in [0.2, 0.25) is 5.02 Å². The maximum Gasteiger partial charge on any atom is 0.263 e. The van der Waals surface area contributed by atoms with Crippen LogP contribution in [-0.4, -0.2) is 18.1 Å². The van der Waals surface area contributed by atoms with Crippen LogP contribution in [0.3, 0.4) is 0 Å². The summed E-state index contributed by atoms with van der Waals surface area (Å²) >= 11 is 5.85. The van der Waals surface area contributed by atoms with Crippen LogP contribution in [0, 0.1) is 0 Å². The molecule has 1 amide bonds. The van der Waals surface area contributed by atoms with Crippen molar-refractivity contribution in [3.8, 4) is 5.75 Å². The summed E-state index contributed by atoms with van der Waals surface area (Å²) in [5.41, 5.74) is 0.244. The normalized spacial score (nSPS) is 12.5. The Kier molecular flexibility index (Phi) is 5.67. The third kappa shape index (κ3) is 5.00. The van der Waals surface area contributed by atoms with Gasteiger partial charge >= 0.3 is 0 Å². The van der Waals surface area contributed by atoms with E-state index in [0.717, 1.165) is 0 Å². The number of amides is 1. The zero-order chi connectivity index (χ0) is 16.9. The first-order chi connectivity index (χ1) is 10.9. The molecule has 0 saturated carbocycles. The molecule has 0 aliphatic carbocycles. The van der Waals surface area contributed by atoms with Gasteiger partial charge in [0.1, 0.15) is 5.75 Å². The molecule has 4 heteroatoms. The fourth-order valence-corrected chi connectivity index (χ4v) is 2.33. The van der Waals surface area contributed by atoms with E-state index in [1.54, 1.807) is 38.1 Å². The van der Waals surface area contributed by atoms with Gasteiger partial charge in [-0.2, -0.15) is 0 Å². The van der Waals surface area contributed by atoms with Crippen LogP contribution in [0.5, 0.6) is 5.75 Å². The molecule has 0 saturated heterocycles. The van der Waals surface area contributed by atoms with E-state index in [0.29, 0.717) is 17.3 Å². The van der Waals surface area contributed by atoms with Crippen molar-refractivity contribution in [3.63, 3.8) is 0 Å². The Hall–Kier alpha value is -2.00. The van der Waals surface area contributed by atoms with Crippen molar-refractivity contribution in [2.24, 2.45) is 0 Å². The van der Waals surface area contributed by atoms with Gasteiger partial charge in [-0.3, -0.25) is 4.79 Å². The first kappa shape index (κ1) is 17.4. The molecule has 0 aromatic heterocycles. The maximum atomic E-state index is 12.4. The van der Waals surface area contributed by atoms with E-state index in [1.807, 2.05) is 18.2 Å². The number of carbonyl (C=O) groups excluding carboxylic acids is 1. The fourth-order valence-electron chi connectivity index (χ4n) is 2.20. The highest BCUT2D eigenvalue weighted by molar-refractivity contribution is 6.30. The molecule has 2 aromatic rings. The summed E-state index contributed by atoms with van der Waals surface area (Å²) in [5.74, 6) is 0.715. The quantitative estimate of drug-likeness (QED) is 0.851. The second kappa shape index (κ2) is 7.51. The van der Waals surface area contributed by atoms with Gasteiger partial charge in [0.05, 0.1) is 0 Å². The molecule has 0 aliphatic rings. The number of hydrogen-bond donors (Lipinski definition) is 1. The van der Waals surface area contributed by atoms with E-state index in [9.17, 15) is 4.79 Å². The molecule has 3 nitrogen and oxygen atoms in total. The van der Waals surface area contributed by atoms with Crippen molar-refractivity contribution < 1.29 is 9.53 Å². The van der Waals surface area contributed by atoms with Gasteiger partial charge in [-0.15, -0.1) is 0 Å². The third-order valence-electron chi connectivity index (χ3n) is 3.67. The Labute approximate surface area is 142 Å². The van der Waals surface area contributed by atoms with Gasteiger partial charge in [-0.25, -0.2) is 0 Å². The third-order valence-corrected chi connectivity index (χ3v) is 3.92. The second-order valence-corrected chi connectivity index (χ2v) is 6.52. The molecule has 0 radical (unpaired) electrons. The van der Waals surface area contributed by atoms with E-state index < -0.39 is 5.60 Å². The summed E-state index contributed by atoms with van der Waals surface area (Å²) in [5, 5.41) is 3.60. The lowest BCUT2D eigenvalue weighted by Gasteiger charge is -2.26. The largest absolute Gasteiger partial charge is 0.478 e. The summed E-state index contributed by atoms with van der Waals surface area (Å²) in [6, 6.07) is 17.1. The number of hydrogen-bond acceptors (Lipinski definition) is 2. The van der Waals surface area contributed by atoms with E-state index in [-0.39, 0.29) is 11.8 Å². The average molecular weight is 332 g/mol. The van der Waals surface area contributed by atoms with E-state index >= 15 is 0 Å². The van der Waals surface area contributed by atoms with E-state index in [1.165, 1.54) is 5.56 Å². The predicted molar refractivity (Wildman–Crippen MR) is 94.0 cm³/mol. The van der Waals surface area contributed by atoms with Crippen molar-refractivity contribution >= 4 is 17.5 Å². The molecule has 23 heavy (non-hydrogen) atoms. The van der Waals surface area contributed by atoms with Crippen LogP contribution in [0.4, 0.5) is 0 Å². The monoisotopic (exact) mass is 331 g/mol. The minimum atomic E-state index is -0.954. The smallest absolute Gasteiger partial charge is 0.263 e. The van der Waals surface area contributed by atoms with E-state index in [4.69, 9.17) is 16.3 Å². The van der Waals surface area contributed by atoms with Crippen LogP contribution in [0.25, 0.3) is 0 Å². The zero-order valence-corrected chi connectivity index (χ0v) is 14.4. The molecule has 1 atom stereocenters. The topological polar surface area (TPSA) is 38.3 Å². The van der Waals surface area contributed by atoms with Crippen LogP contribution < -0.4 is 10.1 Å². The SMILES string of the molecule is C[C@H](CNC(=O)C(C)(C)Oc1ccc(Cl)cc1)c1ccccc1. The second-order valence-electron chi connectivity index (χ2n) is 6.09. The van der Waals surface area contributed by atoms with Crippen molar-refractivity contribution in [2.45, 2.75) is 32.3 Å². The zero-order valence-electron chi connectivity index (χ0n) is 13.7. The molecule has 0 bridgehead atoms. The predicted octanol–water partition coefficient (Wildman–Crippen LogP) is 4.42. The number of ether oxygens (including phenoxy) is 1. The van der Waals surface area contributed by atoms with Gasteiger partial charge in [0.2, 0.25) is 0 Å². The standard InChI is InChI=1S/C19H22ClNO2/c1-14(15-7-5-4-6-8-15)13-21-18(22)19(2,3)23-17-11-9-16(20)10-12-17/h4-12,14H,13H2,1-3H3,(H,21,22)/t14-/m1/s1. The van der Waals surface area contributed by atoms with Gasteiger partial charge in [0.15, 0.2) is 5.60 Å². The van der Waals surface area contributed by atoms with Crippen LogP contribution >= 0.6 is 11.6 Å². The van der Waals surface area contributed by atoms with Crippen LogP contribution in [0.1, 0.15) is 32.3 Å². The molecular formula is C19H22ClNO2. The van der Waals surface area contributed by atoms with Gasteiger partial charge in [0, 0.05) is 11.6 Å². The Bertz CT molecular complexity index is 638. The van der Waals surface area contributed by atoms with Gasteiger partial charge in [-0.1, -0.05) is 48.9 Å². The van der Waals surface area contributed by atoms with Gasteiger partial charge in [-0.05, 0) is 49.6 Å². The Morgan fingerprint density at radius 3 is 2.35 bits per heavy atom. The molecule has 0 heterocycles. The first-order valence-corrected chi connectivity index (χ1v) is 8.04. The average Bonchev–Trinajstić information content (AvgIpc) is 2.55. The lowest BCUT2D eigenvalue weighted by molar-refractivity contribution is -0.134. The molecule has 0 spiro atoms. The minimum absolute atomic E-state index is 0.143. The van der Waals surface area contributed by atoms with Crippen molar-refractivity contribution in [3.05, 3.63) is 65.2 Å². The molecule has 0 unspecified atom stereocenters. The fraction of sp³-hybridized carbons (Fsp3) is 0.316. The van der Waals surface area contributed by atoms with Crippen molar-refractivity contribution in [1.29, 1.82) is 0 Å². The highest BCUT2D eigenvalue weighted by atomic mass is 35.5. The summed E-state index contributed by atoms with van der Waals surface area (Å²) in [7, 11) is 0. The summed E-state index contributed by atoms with van der Waals surface area (Å²) in [6.07, 6.45) is 0. The van der Waals surface area contributed by atoms with E-state index in [2.05, 4.69) is 24.4 Å². The van der Waals surface area contributed by atoms with Crippen LogP contribution in [-0.2, 0) is 4.79 Å². The molecule has 2 aromatic carbocycles. The summed E-state index contributed by atoms with van der Waals surface area (Å²) < 4.78 is 5.79. The van der Waals surface area contributed by atoms with Crippen molar-refractivity contribution in [2.75, 3.05) is 6.54 Å². The molecule has 1 N–H and O–H groups in total. The maximum absolute atomic E-state index is 12.4. The first-order valence-electron chi connectivity index (χ1n) is 7.66. The Morgan fingerprint density at radius 2 is 1.74 bits per heavy atom.